The molecule has 7 heterocycles. The van der Waals surface area contributed by atoms with Gasteiger partial charge in [0.1, 0.15) is 21.9 Å². The summed E-state index contributed by atoms with van der Waals surface area (Å²) in [6, 6.07) is 18.8. The first-order valence-electron chi connectivity index (χ1n) is 26.9. The lowest BCUT2D eigenvalue weighted by Gasteiger charge is -2.20. The molecule has 21 nitrogen and oxygen atoms in total. The van der Waals surface area contributed by atoms with Gasteiger partial charge < -0.3 is 25.4 Å². The smallest absolute Gasteiger partial charge is 0.281 e. The molecule has 3 saturated carbocycles. The molecule has 0 aromatic carbocycles. The number of nitrogens with zero attached hydrogens (tertiary/aromatic N) is 8. The monoisotopic (exact) mass is 1170 g/mol. The van der Waals surface area contributed by atoms with E-state index in [2.05, 4.69) is 87.6 Å². The summed E-state index contributed by atoms with van der Waals surface area (Å²) in [5.74, 6) is 1.16. The van der Waals surface area contributed by atoms with E-state index in [4.69, 9.17) is 32.7 Å². The Morgan fingerprint density at radius 2 is 1.09 bits per heavy atom. The summed E-state index contributed by atoms with van der Waals surface area (Å²) in [6.07, 6.45) is 15.7. The molecule has 4 fully saturated rings. The molecule has 1 saturated heterocycles. The van der Waals surface area contributed by atoms with Crippen LogP contribution in [-0.4, -0.2) is 106 Å². The highest BCUT2D eigenvalue weighted by atomic mass is 35.5. The number of rotatable bonds is 22. The molecule has 2 amide bonds. The molecule has 6 aromatic heterocycles. The zero-order valence-corrected chi connectivity index (χ0v) is 48.9. The van der Waals surface area contributed by atoms with Gasteiger partial charge in [0.25, 0.3) is 31.9 Å². The minimum Gasteiger partial charge on any atom is -0.477 e. The second-order valence-corrected chi connectivity index (χ2v) is 27.4. The number of halogens is 2. The third kappa shape index (κ3) is 15.5. The van der Waals surface area contributed by atoms with Crippen molar-refractivity contribution in [2.24, 2.45) is 22.2 Å². The van der Waals surface area contributed by atoms with Crippen LogP contribution in [0.4, 0.5) is 11.6 Å². The fourth-order valence-corrected chi connectivity index (χ4v) is 11.9. The van der Waals surface area contributed by atoms with Gasteiger partial charge in [-0.2, -0.15) is 16.8 Å². The van der Waals surface area contributed by atoms with Gasteiger partial charge in [0.05, 0.1) is 24.3 Å². The average molecular weight is 1180 g/mol. The van der Waals surface area contributed by atoms with Crippen LogP contribution in [-0.2, 0) is 20.0 Å². The van der Waals surface area contributed by atoms with E-state index in [1.807, 2.05) is 9.44 Å². The number of aromatic nitrogens is 8. The van der Waals surface area contributed by atoms with Gasteiger partial charge in [0, 0.05) is 49.2 Å². The molecule has 0 spiro atoms. The maximum atomic E-state index is 13.0. The highest BCUT2D eigenvalue weighted by Gasteiger charge is 2.38. The zero-order chi connectivity index (χ0) is 57.1. The van der Waals surface area contributed by atoms with Crippen molar-refractivity contribution in [1.29, 1.82) is 0 Å². The lowest BCUT2D eigenvalue weighted by atomic mass is 9.90. The first-order chi connectivity index (χ1) is 37.8. The van der Waals surface area contributed by atoms with Crippen LogP contribution in [0.5, 0.6) is 11.8 Å². The molecule has 3 aliphatic carbocycles. The lowest BCUT2D eigenvalue weighted by molar-refractivity contribution is 0.0972. The minimum absolute atomic E-state index is 0.0765. The second-order valence-electron chi connectivity index (χ2n) is 23.4. The maximum Gasteiger partial charge on any atom is 0.281 e. The summed E-state index contributed by atoms with van der Waals surface area (Å²) in [6.45, 7) is 15.8. The first-order valence-corrected chi connectivity index (χ1v) is 30.6. The van der Waals surface area contributed by atoms with Crippen molar-refractivity contribution in [2.45, 2.75) is 134 Å². The molecule has 5 N–H and O–H groups in total. The van der Waals surface area contributed by atoms with Crippen molar-refractivity contribution in [3.8, 4) is 23.4 Å². The van der Waals surface area contributed by atoms with E-state index in [-0.39, 0.29) is 43.1 Å². The van der Waals surface area contributed by atoms with E-state index < -0.39 is 31.9 Å². The van der Waals surface area contributed by atoms with E-state index in [1.165, 1.54) is 77.9 Å². The van der Waals surface area contributed by atoms with Gasteiger partial charge >= 0.3 is 0 Å². The Labute approximate surface area is 477 Å². The summed E-state index contributed by atoms with van der Waals surface area (Å²) < 4.78 is 70.3. The quantitative estimate of drug-likeness (QED) is 0.0396. The Morgan fingerprint density at radius 1 is 0.613 bits per heavy atom. The molecule has 0 radical (unpaired) electrons. The highest BCUT2D eigenvalue weighted by molar-refractivity contribution is 7.90. The molecular weight excluding hydrogens is 1110 g/mol. The van der Waals surface area contributed by atoms with Gasteiger partial charge in [-0.05, 0) is 155 Å². The van der Waals surface area contributed by atoms with Crippen LogP contribution in [0.25, 0.3) is 11.6 Å². The van der Waals surface area contributed by atoms with Crippen molar-refractivity contribution >= 4 is 66.7 Å². The van der Waals surface area contributed by atoms with Crippen LogP contribution in [0.3, 0.4) is 0 Å². The standard InChI is InChI=1S/C28H35ClN6O4S.C27H34ClN7O4S/c1-27(2)11-9-19(17-27)18-30-21-5-4-6-24(31-21)40(37,38)34-26(36)20-7-8-22(32-25(20)29)35-15-10-23(33-35)39-16-14-28(3)12-13-28;1-26(2)11-9-18(32-26)17-29-20-5-4-6-23(30-20)40(37,38)34-25(36)19-7-8-21(31-24(19)28)35-15-10-22(33-35)39-16-14-27(3)12-13-27/h4-8,10,15,19H,9,11-14,16-18H2,1-3H3,(H,30,31)(H,34,36);4-8,10,15,18,32H,9,11-14,16-17H2,1-3H3,(H,29,30)(H,34,36). The van der Waals surface area contributed by atoms with E-state index in [0.717, 1.165) is 38.5 Å². The fraction of sp³-hybridized carbons (Fsp3) is 0.491. The van der Waals surface area contributed by atoms with Crippen LogP contribution in [0.1, 0.15) is 133 Å². The van der Waals surface area contributed by atoms with E-state index >= 15 is 0 Å². The predicted octanol–water partition coefficient (Wildman–Crippen LogP) is 9.19. The maximum absolute atomic E-state index is 13.0. The predicted molar refractivity (Wildman–Crippen MR) is 304 cm³/mol. The van der Waals surface area contributed by atoms with Crippen LogP contribution in [0.2, 0.25) is 10.3 Å². The Morgan fingerprint density at radius 3 is 1.50 bits per heavy atom. The molecule has 428 valence electrons. The number of pyridine rings is 4. The second kappa shape index (κ2) is 23.6. The molecule has 6 aromatic rings. The number of carbonyl (C=O) groups excluding carboxylic acids is 2. The number of ether oxygens (including phenoxy) is 2. The molecule has 4 aliphatic rings. The Bertz CT molecular complexity index is 3230. The zero-order valence-electron chi connectivity index (χ0n) is 45.8. The number of carbonyl (C=O) groups is 2. The van der Waals surface area contributed by atoms with Crippen molar-refractivity contribution in [2.75, 3.05) is 36.9 Å². The number of hydrogen-bond donors (Lipinski definition) is 5. The average Bonchev–Trinajstić information content (AvgIpc) is 3.99. The first kappa shape index (κ1) is 58.3. The molecule has 1 aliphatic heterocycles. The van der Waals surface area contributed by atoms with E-state index in [1.54, 1.807) is 48.8 Å². The van der Waals surface area contributed by atoms with Crippen molar-refractivity contribution in [3.05, 3.63) is 107 Å². The topological polar surface area (TPSA) is 268 Å². The molecule has 10 rings (SSSR count). The Kier molecular flexibility index (Phi) is 17.2. The van der Waals surface area contributed by atoms with Gasteiger partial charge in [0.15, 0.2) is 21.7 Å². The molecule has 2 unspecified atom stereocenters. The number of anilines is 2. The number of amides is 2. The van der Waals surface area contributed by atoms with E-state index in [0.29, 0.717) is 83.5 Å². The SMILES string of the molecule is CC1(C)CCC(CNc2cccc(S(=O)(=O)NC(=O)c3ccc(-n4ccc(OCCC5(C)CC5)n4)nc3Cl)n2)C1.CC1(CCOc2ccn(-c3ccc(C(=O)NS(=O)(=O)c4cccc(NCC5CCC(C)(C)N5)n4)c(Cl)n3)n2)CC1. The van der Waals surface area contributed by atoms with E-state index in [9.17, 15) is 26.4 Å². The highest BCUT2D eigenvalue weighted by Crippen LogP contribution is 2.48. The van der Waals surface area contributed by atoms with Crippen LogP contribution >= 0.6 is 23.2 Å². The summed E-state index contributed by atoms with van der Waals surface area (Å²) in [5.41, 5.74) is 0.999. The normalized spacial score (nSPS) is 19.2. The molecule has 80 heavy (non-hydrogen) atoms. The third-order valence-corrected chi connectivity index (χ3v) is 18.3. The van der Waals surface area contributed by atoms with Crippen molar-refractivity contribution < 1.29 is 35.9 Å². The largest absolute Gasteiger partial charge is 0.477 e. The molecule has 0 bridgehead atoms. The summed E-state index contributed by atoms with van der Waals surface area (Å²) in [4.78, 5) is 42.6. The van der Waals surface area contributed by atoms with Gasteiger partial charge in [-0.25, -0.2) is 38.7 Å². The summed E-state index contributed by atoms with van der Waals surface area (Å²) in [7, 11) is -8.51. The molecular formula is C55H69Cl2N13O8S2. The molecule has 25 heteroatoms. The Hall–Kier alpha value is -6.40. The minimum atomic E-state index is -4.26. The third-order valence-electron chi connectivity index (χ3n) is 15.2. The van der Waals surface area contributed by atoms with Gasteiger partial charge in [-0.15, -0.1) is 10.2 Å². The van der Waals surface area contributed by atoms with Gasteiger partial charge in [0.2, 0.25) is 11.8 Å². The number of sulfonamides is 2. The fourth-order valence-electron chi connectivity index (χ4n) is 9.60. The number of hydrogen-bond acceptors (Lipinski definition) is 17. The lowest BCUT2D eigenvalue weighted by Crippen LogP contribution is -2.40. The van der Waals surface area contributed by atoms with Crippen molar-refractivity contribution in [3.63, 3.8) is 0 Å². The Balaban J connectivity index is 0.000000194. The number of nitrogens with one attached hydrogen (secondary N) is 5. The van der Waals surface area contributed by atoms with Gasteiger partial charge in [-0.1, -0.05) is 63.0 Å². The molecule has 2 atom stereocenters. The van der Waals surface area contributed by atoms with Crippen LogP contribution in [0.15, 0.2) is 95.2 Å². The van der Waals surface area contributed by atoms with Gasteiger partial charge in [-0.3, -0.25) is 9.59 Å². The van der Waals surface area contributed by atoms with Crippen molar-refractivity contribution in [1.82, 2.24) is 54.3 Å². The van der Waals surface area contributed by atoms with Crippen LogP contribution in [0, 0.1) is 22.2 Å². The van der Waals surface area contributed by atoms with Crippen LogP contribution < -0.4 is 34.9 Å². The summed E-state index contributed by atoms with van der Waals surface area (Å²) >= 11 is 12.6. The summed E-state index contributed by atoms with van der Waals surface area (Å²) in [5, 5.41) is 17.8.